The fraction of sp³-hybridized carbons (Fsp3) is 0.152. The van der Waals surface area contributed by atoms with E-state index in [0.29, 0.717) is 22.5 Å². The van der Waals surface area contributed by atoms with Crippen LogP contribution in [0.2, 0.25) is 0 Å². The molecule has 39 heavy (non-hydrogen) atoms. The lowest BCUT2D eigenvalue weighted by molar-refractivity contribution is -0.110. The molecule has 5 rings (SSSR count). The number of fused-ring (bicyclic) bond motifs is 1. The summed E-state index contributed by atoms with van der Waals surface area (Å²) >= 11 is 0. The van der Waals surface area contributed by atoms with Crippen LogP contribution in [0, 0.1) is 0 Å². The Hall–Kier alpha value is -4.68. The minimum absolute atomic E-state index is 0.227. The Balaban J connectivity index is 1.42. The van der Waals surface area contributed by atoms with E-state index in [9.17, 15) is 9.59 Å². The van der Waals surface area contributed by atoms with Gasteiger partial charge >= 0.3 is 5.97 Å². The lowest BCUT2D eigenvalue weighted by atomic mass is 9.99. The minimum Gasteiger partial charge on any atom is -0.465 e. The number of rotatable bonds is 9. The summed E-state index contributed by atoms with van der Waals surface area (Å²) in [5, 5.41) is 6.41. The van der Waals surface area contributed by atoms with Gasteiger partial charge in [-0.25, -0.2) is 4.79 Å². The molecule has 1 amide bonds. The molecule has 1 heterocycles. The number of esters is 1. The van der Waals surface area contributed by atoms with Gasteiger partial charge in [0.2, 0.25) is 0 Å². The van der Waals surface area contributed by atoms with Crippen molar-refractivity contribution >= 4 is 34.5 Å². The molecular formula is C33H31N3O3. The predicted octanol–water partition coefficient (Wildman–Crippen LogP) is 6.43. The van der Waals surface area contributed by atoms with Crippen molar-refractivity contribution in [2.24, 2.45) is 0 Å². The van der Waals surface area contributed by atoms with Gasteiger partial charge in [0.1, 0.15) is 0 Å². The van der Waals surface area contributed by atoms with E-state index < -0.39 is 5.97 Å². The standard InChI is InChI=1S/C33H31N3O3/c1-3-36(21-23-10-6-4-7-11-23)22-24-14-17-27(18-15-24)34-31(25-12-8-5-9-13-25)30-28-19-16-26(33(38)39-2)20-29(28)35-32(30)37/h4-20,34H,3,21-22H2,1-2H3,(H,35,37)/b31-30-. The lowest BCUT2D eigenvalue weighted by Gasteiger charge is -2.21. The fourth-order valence-electron chi connectivity index (χ4n) is 4.77. The van der Waals surface area contributed by atoms with Gasteiger partial charge in [-0.05, 0) is 47.5 Å². The van der Waals surface area contributed by atoms with Crippen LogP contribution in [0.1, 0.15) is 39.5 Å². The summed E-state index contributed by atoms with van der Waals surface area (Å²) in [6.45, 7) is 4.87. The molecule has 0 spiro atoms. The van der Waals surface area contributed by atoms with E-state index in [4.69, 9.17) is 4.74 Å². The number of carbonyl (C=O) groups excluding carboxylic acids is 2. The van der Waals surface area contributed by atoms with Crippen LogP contribution in [0.3, 0.4) is 0 Å². The van der Waals surface area contributed by atoms with Gasteiger partial charge in [0.15, 0.2) is 0 Å². The number of anilines is 2. The molecule has 4 aromatic rings. The topological polar surface area (TPSA) is 70.7 Å². The average molecular weight is 518 g/mol. The number of amides is 1. The first kappa shape index (κ1) is 25.9. The highest BCUT2D eigenvalue weighted by atomic mass is 16.5. The Morgan fingerprint density at radius 1 is 0.821 bits per heavy atom. The van der Waals surface area contributed by atoms with Crippen LogP contribution in [0.15, 0.2) is 103 Å². The third-order valence-corrected chi connectivity index (χ3v) is 6.82. The van der Waals surface area contributed by atoms with Crippen molar-refractivity contribution < 1.29 is 14.3 Å². The van der Waals surface area contributed by atoms with Crippen molar-refractivity contribution in [2.45, 2.75) is 20.0 Å². The molecule has 0 radical (unpaired) electrons. The molecule has 0 fully saturated rings. The summed E-state index contributed by atoms with van der Waals surface area (Å²) in [6.07, 6.45) is 0. The van der Waals surface area contributed by atoms with Crippen LogP contribution in [-0.4, -0.2) is 30.4 Å². The normalized spacial score (nSPS) is 13.6. The van der Waals surface area contributed by atoms with Crippen LogP contribution in [0.5, 0.6) is 0 Å². The highest BCUT2D eigenvalue weighted by Gasteiger charge is 2.29. The van der Waals surface area contributed by atoms with E-state index >= 15 is 0 Å². The van der Waals surface area contributed by atoms with Crippen molar-refractivity contribution in [1.82, 2.24) is 4.90 Å². The Kier molecular flexibility index (Phi) is 7.85. The van der Waals surface area contributed by atoms with Gasteiger partial charge in [0.05, 0.1) is 29.6 Å². The van der Waals surface area contributed by atoms with Crippen molar-refractivity contribution in [3.05, 3.63) is 131 Å². The van der Waals surface area contributed by atoms with Crippen LogP contribution in [0.25, 0.3) is 11.3 Å². The van der Waals surface area contributed by atoms with Gasteiger partial charge in [-0.15, -0.1) is 0 Å². The molecule has 0 aliphatic carbocycles. The number of hydrogen-bond acceptors (Lipinski definition) is 5. The summed E-state index contributed by atoms with van der Waals surface area (Å²) < 4.78 is 4.84. The molecule has 0 saturated heterocycles. The van der Waals surface area contributed by atoms with Crippen molar-refractivity contribution in [3.63, 3.8) is 0 Å². The second kappa shape index (κ2) is 11.8. The van der Waals surface area contributed by atoms with E-state index in [1.807, 2.05) is 48.5 Å². The number of hydrogen-bond donors (Lipinski definition) is 2. The van der Waals surface area contributed by atoms with Crippen LogP contribution >= 0.6 is 0 Å². The molecule has 1 aliphatic heterocycles. The average Bonchev–Trinajstić information content (AvgIpc) is 3.31. The number of nitrogens with zero attached hydrogens (tertiary/aromatic N) is 1. The molecule has 2 N–H and O–H groups in total. The zero-order chi connectivity index (χ0) is 27.2. The fourth-order valence-corrected chi connectivity index (χ4v) is 4.77. The summed E-state index contributed by atoms with van der Waals surface area (Å²) in [6, 6.07) is 33.7. The largest absolute Gasteiger partial charge is 0.465 e. The van der Waals surface area contributed by atoms with Gasteiger partial charge in [-0.3, -0.25) is 9.69 Å². The zero-order valence-electron chi connectivity index (χ0n) is 22.1. The maximum absolute atomic E-state index is 13.2. The molecular weight excluding hydrogens is 486 g/mol. The molecule has 0 bridgehead atoms. The number of nitrogens with one attached hydrogen (secondary N) is 2. The van der Waals surface area contributed by atoms with Gasteiger partial charge < -0.3 is 15.4 Å². The summed E-state index contributed by atoms with van der Waals surface area (Å²) in [7, 11) is 1.34. The predicted molar refractivity (Wildman–Crippen MR) is 156 cm³/mol. The molecule has 196 valence electrons. The number of methoxy groups -OCH3 is 1. The van der Waals surface area contributed by atoms with E-state index in [1.165, 1.54) is 18.2 Å². The molecule has 1 aliphatic rings. The second-order valence-corrected chi connectivity index (χ2v) is 9.43. The zero-order valence-corrected chi connectivity index (χ0v) is 22.1. The molecule has 4 aromatic carbocycles. The van der Waals surface area contributed by atoms with E-state index in [0.717, 1.165) is 36.4 Å². The molecule has 6 heteroatoms. The SMILES string of the molecule is CCN(Cc1ccccc1)Cc1ccc(N/C(=C2\C(=O)Nc3cc(C(=O)OC)ccc32)c2ccccc2)cc1. The van der Waals surface area contributed by atoms with E-state index in [-0.39, 0.29) is 5.91 Å². The second-order valence-electron chi connectivity index (χ2n) is 9.43. The van der Waals surface area contributed by atoms with Crippen LogP contribution < -0.4 is 10.6 Å². The van der Waals surface area contributed by atoms with Gasteiger partial charge in [0, 0.05) is 24.3 Å². The lowest BCUT2D eigenvalue weighted by Crippen LogP contribution is -2.22. The van der Waals surface area contributed by atoms with Crippen molar-refractivity contribution in [1.29, 1.82) is 0 Å². The maximum Gasteiger partial charge on any atom is 0.337 e. The highest BCUT2D eigenvalue weighted by Crippen LogP contribution is 2.38. The summed E-state index contributed by atoms with van der Waals surface area (Å²) in [5.41, 5.74) is 7.20. The maximum atomic E-state index is 13.2. The smallest absolute Gasteiger partial charge is 0.337 e. The molecule has 0 aromatic heterocycles. The first-order chi connectivity index (χ1) is 19.1. The number of carbonyl (C=O) groups is 2. The third-order valence-electron chi connectivity index (χ3n) is 6.82. The summed E-state index contributed by atoms with van der Waals surface area (Å²) in [4.78, 5) is 27.6. The molecule has 0 atom stereocenters. The van der Waals surface area contributed by atoms with Gasteiger partial charge in [-0.1, -0.05) is 85.8 Å². The van der Waals surface area contributed by atoms with Gasteiger partial charge in [0.25, 0.3) is 5.91 Å². The number of ether oxygens (including phenoxy) is 1. The van der Waals surface area contributed by atoms with E-state index in [1.54, 1.807) is 18.2 Å². The quantitative estimate of drug-likeness (QED) is 0.198. The summed E-state index contributed by atoms with van der Waals surface area (Å²) in [5.74, 6) is -0.675. The van der Waals surface area contributed by atoms with E-state index in [2.05, 4.69) is 58.9 Å². The monoisotopic (exact) mass is 517 g/mol. The molecule has 6 nitrogen and oxygen atoms in total. The number of benzene rings is 4. The Bertz CT molecular complexity index is 1500. The van der Waals surface area contributed by atoms with Gasteiger partial charge in [-0.2, -0.15) is 0 Å². The Morgan fingerprint density at radius 2 is 1.46 bits per heavy atom. The molecule has 0 unspecified atom stereocenters. The van der Waals surface area contributed by atoms with Crippen molar-refractivity contribution in [2.75, 3.05) is 24.3 Å². The highest BCUT2D eigenvalue weighted by molar-refractivity contribution is 6.37. The third kappa shape index (κ3) is 5.92. The first-order valence-electron chi connectivity index (χ1n) is 13.0. The minimum atomic E-state index is -0.448. The van der Waals surface area contributed by atoms with Crippen molar-refractivity contribution in [3.8, 4) is 0 Å². The van der Waals surface area contributed by atoms with Crippen LogP contribution in [-0.2, 0) is 22.6 Å². The molecule has 0 saturated carbocycles. The first-order valence-corrected chi connectivity index (χ1v) is 13.0. The Labute approximate surface area is 228 Å². The Morgan fingerprint density at radius 3 is 2.10 bits per heavy atom. The van der Waals surface area contributed by atoms with Crippen LogP contribution in [0.4, 0.5) is 11.4 Å².